The van der Waals surface area contributed by atoms with E-state index in [2.05, 4.69) is 19.2 Å². The SMILES string of the molecule is CC1CCC(O)(CNCC2(C)COC2)CC1. The number of rotatable bonds is 4. The highest BCUT2D eigenvalue weighted by Gasteiger charge is 2.35. The molecule has 0 amide bonds. The molecule has 2 N–H and O–H groups in total. The standard InChI is InChI=1S/C13H25NO2/c1-11-3-5-13(15,6-4-11)8-14-7-12(2)9-16-10-12/h11,14-15H,3-10H2,1-2H3. The molecule has 0 atom stereocenters. The second-order valence-corrected chi connectivity index (χ2v) is 6.31. The lowest BCUT2D eigenvalue weighted by molar-refractivity contribution is -0.102. The van der Waals surface area contributed by atoms with E-state index in [4.69, 9.17) is 4.74 Å². The molecule has 1 aliphatic carbocycles. The molecule has 16 heavy (non-hydrogen) atoms. The molecule has 94 valence electrons. The Kier molecular flexibility index (Phi) is 3.57. The first-order valence-electron chi connectivity index (χ1n) is 6.52. The van der Waals surface area contributed by atoms with Crippen LogP contribution in [0.5, 0.6) is 0 Å². The summed E-state index contributed by atoms with van der Waals surface area (Å²) in [6.07, 6.45) is 4.24. The molecule has 1 saturated carbocycles. The molecule has 0 radical (unpaired) electrons. The van der Waals surface area contributed by atoms with Gasteiger partial charge >= 0.3 is 0 Å². The Morgan fingerprint density at radius 1 is 1.25 bits per heavy atom. The first-order chi connectivity index (χ1) is 7.52. The minimum atomic E-state index is -0.451. The molecule has 0 unspecified atom stereocenters. The van der Waals surface area contributed by atoms with Gasteiger partial charge in [-0.25, -0.2) is 0 Å². The van der Waals surface area contributed by atoms with E-state index in [1.807, 2.05) is 0 Å². The van der Waals surface area contributed by atoms with Crippen LogP contribution in [0.2, 0.25) is 0 Å². The van der Waals surface area contributed by atoms with Gasteiger partial charge in [0.25, 0.3) is 0 Å². The Morgan fingerprint density at radius 3 is 2.38 bits per heavy atom. The third-order valence-electron chi connectivity index (χ3n) is 4.11. The van der Waals surface area contributed by atoms with Crippen molar-refractivity contribution in [2.75, 3.05) is 26.3 Å². The topological polar surface area (TPSA) is 41.5 Å². The molecular weight excluding hydrogens is 202 g/mol. The van der Waals surface area contributed by atoms with Gasteiger partial charge < -0.3 is 15.2 Å². The molecule has 0 aromatic heterocycles. The molecular formula is C13H25NO2. The largest absolute Gasteiger partial charge is 0.389 e. The lowest BCUT2D eigenvalue weighted by atomic mass is 9.79. The molecule has 2 fully saturated rings. The van der Waals surface area contributed by atoms with Gasteiger partial charge in [-0.1, -0.05) is 13.8 Å². The van der Waals surface area contributed by atoms with Crippen molar-refractivity contribution in [1.82, 2.24) is 5.32 Å². The van der Waals surface area contributed by atoms with Gasteiger partial charge in [-0.3, -0.25) is 0 Å². The van der Waals surface area contributed by atoms with E-state index in [9.17, 15) is 5.11 Å². The molecule has 2 rings (SSSR count). The van der Waals surface area contributed by atoms with Crippen LogP contribution in [0.1, 0.15) is 39.5 Å². The fourth-order valence-electron chi connectivity index (χ4n) is 2.63. The number of hydrogen-bond acceptors (Lipinski definition) is 3. The fraction of sp³-hybridized carbons (Fsp3) is 1.00. The number of nitrogens with one attached hydrogen (secondary N) is 1. The summed E-state index contributed by atoms with van der Waals surface area (Å²) >= 11 is 0. The van der Waals surface area contributed by atoms with E-state index < -0.39 is 5.60 Å². The minimum Gasteiger partial charge on any atom is -0.389 e. The summed E-state index contributed by atoms with van der Waals surface area (Å²) in [5.41, 5.74) is -0.147. The lowest BCUT2D eigenvalue weighted by Crippen LogP contribution is -2.51. The molecule has 0 bridgehead atoms. The van der Waals surface area contributed by atoms with Crippen LogP contribution < -0.4 is 5.32 Å². The maximum atomic E-state index is 10.4. The van der Waals surface area contributed by atoms with Gasteiger partial charge in [0.1, 0.15) is 0 Å². The summed E-state index contributed by atoms with van der Waals surface area (Å²) in [6, 6.07) is 0. The zero-order valence-corrected chi connectivity index (χ0v) is 10.6. The van der Waals surface area contributed by atoms with Gasteiger partial charge in [0.2, 0.25) is 0 Å². The van der Waals surface area contributed by atoms with Gasteiger partial charge in [0, 0.05) is 18.5 Å². The lowest BCUT2D eigenvalue weighted by Gasteiger charge is -2.40. The quantitative estimate of drug-likeness (QED) is 0.766. The summed E-state index contributed by atoms with van der Waals surface area (Å²) in [4.78, 5) is 0. The van der Waals surface area contributed by atoms with Gasteiger partial charge in [0.15, 0.2) is 0 Å². The van der Waals surface area contributed by atoms with Crippen molar-refractivity contribution < 1.29 is 9.84 Å². The summed E-state index contributed by atoms with van der Waals surface area (Å²) < 4.78 is 5.22. The van der Waals surface area contributed by atoms with Crippen molar-refractivity contribution in [2.45, 2.75) is 45.1 Å². The maximum absolute atomic E-state index is 10.4. The summed E-state index contributed by atoms with van der Waals surface area (Å²) in [7, 11) is 0. The number of ether oxygens (including phenoxy) is 1. The molecule has 1 aliphatic heterocycles. The highest BCUT2D eigenvalue weighted by molar-refractivity contribution is 4.89. The molecule has 3 nitrogen and oxygen atoms in total. The first-order valence-corrected chi connectivity index (χ1v) is 6.52. The van der Waals surface area contributed by atoms with E-state index in [1.165, 1.54) is 12.8 Å². The molecule has 0 spiro atoms. The van der Waals surface area contributed by atoms with Crippen LogP contribution in [0.4, 0.5) is 0 Å². The molecule has 0 aromatic rings. The van der Waals surface area contributed by atoms with E-state index in [1.54, 1.807) is 0 Å². The Labute approximate surface area is 98.6 Å². The molecule has 1 saturated heterocycles. The number of aliphatic hydroxyl groups is 1. The normalized spacial score (nSPS) is 38.1. The molecule has 0 aromatic carbocycles. The second-order valence-electron chi connectivity index (χ2n) is 6.31. The van der Waals surface area contributed by atoms with Crippen LogP contribution in [0.15, 0.2) is 0 Å². The Morgan fingerprint density at radius 2 is 1.88 bits per heavy atom. The van der Waals surface area contributed by atoms with E-state index in [0.717, 1.165) is 45.1 Å². The average Bonchev–Trinajstić information content (AvgIpc) is 2.21. The molecule has 1 heterocycles. The predicted molar refractivity (Wildman–Crippen MR) is 64.4 cm³/mol. The highest BCUT2D eigenvalue weighted by atomic mass is 16.5. The zero-order chi connectivity index (χ0) is 11.6. The van der Waals surface area contributed by atoms with Crippen LogP contribution in [0, 0.1) is 11.3 Å². The van der Waals surface area contributed by atoms with Gasteiger partial charge in [0.05, 0.1) is 18.8 Å². The van der Waals surface area contributed by atoms with E-state index >= 15 is 0 Å². The Balaban J connectivity index is 1.68. The maximum Gasteiger partial charge on any atom is 0.0771 e. The summed E-state index contributed by atoms with van der Waals surface area (Å²) in [5.74, 6) is 0.790. The van der Waals surface area contributed by atoms with Crippen LogP contribution in [0.3, 0.4) is 0 Å². The summed E-state index contributed by atoms with van der Waals surface area (Å²) in [5, 5.41) is 13.8. The Bertz CT molecular complexity index is 230. The third kappa shape index (κ3) is 2.96. The van der Waals surface area contributed by atoms with E-state index in [-0.39, 0.29) is 0 Å². The van der Waals surface area contributed by atoms with Crippen molar-refractivity contribution in [3.05, 3.63) is 0 Å². The van der Waals surface area contributed by atoms with E-state index in [0.29, 0.717) is 5.41 Å². The van der Waals surface area contributed by atoms with Crippen molar-refractivity contribution in [3.8, 4) is 0 Å². The average molecular weight is 227 g/mol. The van der Waals surface area contributed by atoms with Crippen molar-refractivity contribution >= 4 is 0 Å². The summed E-state index contributed by atoms with van der Waals surface area (Å²) in [6.45, 7) is 7.93. The van der Waals surface area contributed by atoms with Crippen molar-refractivity contribution in [3.63, 3.8) is 0 Å². The first kappa shape index (κ1) is 12.3. The van der Waals surface area contributed by atoms with Gasteiger partial charge in [-0.15, -0.1) is 0 Å². The third-order valence-corrected chi connectivity index (χ3v) is 4.11. The van der Waals surface area contributed by atoms with Gasteiger partial charge in [-0.2, -0.15) is 0 Å². The molecule has 2 aliphatic rings. The molecule has 3 heteroatoms. The minimum absolute atomic E-state index is 0.304. The van der Waals surface area contributed by atoms with Crippen LogP contribution in [-0.4, -0.2) is 37.0 Å². The predicted octanol–water partition coefficient (Wildman–Crippen LogP) is 1.55. The van der Waals surface area contributed by atoms with Crippen molar-refractivity contribution in [1.29, 1.82) is 0 Å². The van der Waals surface area contributed by atoms with Crippen LogP contribution in [-0.2, 0) is 4.74 Å². The fourth-order valence-corrected chi connectivity index (χ4v) is 2.63. The van der Waals surface area contributed by atoms with Gasteiger partial charge in [-0.05, 0) is 31.6 Å². The van der Waals surface area contributed by atoms with Crippen LogP contribution in [0.25, 0.3) is 0 Å². The number of hydrogen-bond donors (Lipinski definition) is 2. The smallest absolute Gasteiger partial charge is 0.0771 e. The second kappa shape index (κ2) is 4.63. The zero-order valence-electron chi connectivity index (χ0n) is 10.6. The Hall–Kier alpha value is -0.120. The monoisotopic (exact) mass is 227 g/mol. The van der Waals surface area contributed by atoms with Crippen molar-refractivity contribution in [2.24, 2.45) is 11.3 Å². The van der Waals surface area contributed by atoms with Crippen LogP contribution >= 0.6 is 0 Å². The highest BCUT2D eigenvalue weighted by Crippen LogP contribution is 2.31.